The topological polar surface area (TPSA) is 54.7 Å². The van der Waals surface area contributed by atoms with E-state index in [-0.39, 0.29) is 0 Å². The van der Waals surface area contributed by atoms with Crippen molar-refractivity contribution in [1.82, 2.24) is 9.97 Å². The van der Waals surface area contributed by atoms with Crippen molar-refractivity contribution in [3.05, 3.63) is 30.3 Å². The van der Waals surface area contributed by atoms with Crippen LogP contribution in [-0.2, 0) is 0 Å². The molecule has 0 saturated carbocycles. The number of fused-ring (bicyclic) bond motifs is 1. The molecule has 1 aromatic heterocycles. The van der Waals surface area contributed by atoms with Crippen LogP contribution in [0.2, 0.25) is 0 Å². The van der Waals surface area contributed by atoms with Crippen LogP contribution in [0.4, 0.5) is 5.95 Å². The molecule has 0 saturated heterocycles. The second-order valence-corrected chi connectivity index (χ2v) is 2.60. The van der Waals surface area contributed by atoms with Gasteiger partial charge in [0.1, 0.15) is 0 Å². The fraction of sp³-hybridized carbons (Fsp3) is 0. The zero-order chi connectivity index (χ0) is 8.55. The number of nitrogen functional groups attached to an aromatic ring is 1. The lowest BCUT2D eigenvalue weighted by Crippen LogP contribution is -1.84. The molecule has 3 heteroatoms. The third-order valence-electron chi connectivity index (χ3n) is 1.76. The Kier molecular flexibility index (Phi) is 1.37. The minimum atomic E-state index is 0.450. The fourth-order valence-electron chi connectivity index (χ4n) is 1.17. The van der Waals surface area contributed by atoms with Gasteiger partial charge in [0.2, 0.25) is 0 Å². The van der Waals surface area contributed by atoms with Crippen molar-refractivity contribution in [2.24, 2.45) is 0 Å². The fourth-order valence-corrected chi connectivity index (χ4v) is 1.17. The van der Waals surface area contributed by atoms with E-state index in [1.165, 1.54) is 0 Å². The Morgan fingerprint density at radius 3 is 3.08 bits per heavy atom. The normalized spacial score (nSPS) is 10.3. The van der Waals surface area contributed by atoms with Crippen LogP contribution in [-0.4, -0.2) is 9.97 Å². The maximum atomic E-state index is 5.49. The number of aromatic amines is 1. The number of anilines is 1. The van der Waals surface area contributed by atoms with Gasteiger partial charge in [-0.1, -0.05) is 18.7 Å². The van der Waals surface area contributed by atoms with Crippen LogP contribution in [0.25, 0.3) is 17.1 Å². The van der Waals surface area contributed by atoms with Crippen molar-refractivity contribution >= 4 is 23.1 Å². The third-order valence-corrected chi connectivity index (χ3v) is 1.76. The first-order valence-corrected chi connectivity index (χ1v) is 3.67. The van der Waals surface area contributed by atoms with E-state index < -0.39 is 0 Å². The predicted molar refractivity (Wildman–Crippen MR) is 50.6 cm³/mol. The van der Waals surface area contributed by atoms with Gasteiger partial charge in [-0.05, 0) is 17.7 Å². The van der Waals surface area contributed by atoms with Crippen LogP contribution in [0.15, 0.2) is 24.8 Å². The lowest BCUT2D eigenvalue weighted by Gasteiger charge is -1.90. The molecule has 0 bridgehead atoms. The van der Waals surface area contributed by atoms with E-state index in [0.717, 1.165) is 16.6 Å². The van der Waals surface area contributed by atoms with Crippen molar-refractivity contribution in [3.8, 4) is 0 Å². The van der Waals surface area contributed by atoms with Gasteiger partial charge in [0.15, 0.2) is 5.95 Å². The summed E-state index contributed by atoms with van der Waals surface area (Å²) >= 11 is 0. The van der Waals surface area contributed by atoms with Gasteiger partial charge in [-0.15, -0.1) is 0 Å². The van der Waals surface area contributed by atoms with E-state index in [0.29, 0.717) is 5.95 Å². The average Bonchev–Trinajstić information content (AvgIpc) is 2.43. The standard InChI is InChI=1S/C9H9N3/c1-2-6-3-4-7-8(5-6)12-9(10)11-7/h2-5H,1H2,(H3,10,11,12). The highest BCUT2D eigenvalue weighted by molar-refractivity contribution is 5.79. The van der Waals surface area contributed by atoms with Crippen LogP contribution in [0, 0.1) is 0 Å². The largest absolute Gasteiger partial charge is 0.369 e. The molecule has 0 radical (unpaired) electrons. The highest BCUT2D eigenvalue weighted by Crippen LogP contribution is 2.14. The minimum absolute atomic E-state index is 0.450. The van der Waals surface area contributed by atoms with E-state index >= 15 is 0 Å². The van der Waals surface area contributed by atoms with Gasteiger partial charge < -0.3 is 10.7 Å². The van der Waals surface area contributed by atoms with E-state index in [1.54, 1.807) is 6.08 Å². The molecule has 12 heavy (non-hydrogen) atoms. The first kappa shape index (κ1) is 6.91. The van der Waals surface area contributed by atoms with Crippen LogP contribution in [0.3, 0.4) is 0 Å². The molecule has 1 aromatic carbocycles. The highest BCUT2D eigenvalue weighted by Gasteiger charge is 1.98. The number of nitrogens with zero attached hydrogens (tertiary/aromatic N) is 1. The maximum absolute atomic E-state index is 5.49. The van der Waals surface area contributed by atoms with Crippen LogP contribution in [0.5, 0.6) is 0 Å². The van der Waals surface area contributed by atoms with E-state index in [4.69, 9.17) is 5.73 Å². The monoisotopic (exact) mass is 159 g/mol. The molecule has 0 amide bonds. The first-order chi connectivity index (χ1) is 5.79. The van der Waals surface area contributed by atoms with Gasteiger partial charge in [0.25, 0.3) is 0 Å². The molecule has 2 aromatic rings. The zero-order valence-corrected chi connectivity index (χ0v) is 6.54. The van der Waals surface area contributed by atoms with Crippen molar-refractivity contribution in [2.75, 3.05) is 5.73 Å². The summed E-state index contributed by atoms with van der Waals surface area (Å²) in [6.07, 6.45) is 1.79. The Morgan fingerprint density at radius 1 is 1.50 bits per heavy atom. The Morgan fingerprint density at radius 2 is 2.33 bits per heavy atom. The average molecular weight is 159 g/mol. The molecule has 0 aliphatic rings. The molecule has 0 spiro atoms. The zero-order valence-electron chi connectivity index (χ0n) is 6.54. The molecule has 0 aliphatic carbocycles. The van der Waals surface area contributed by atoms with Crippen LogP contribution in [0.1, 0.15) is 5.56 Å². The van der Waals surface area contributed by atoms with Gasteiger partial charge in [0, 0.05) is 0 Å². The lowest BCUT2D eigenvalue weighted by molar-refractivity contribution is 1.35. The van der Waals surface area contributed by atoms with Gasteiger partial charge in [-0.25, -0.2) is 4.98 Å². The molecule has 0 atom stereocenters. The van der Waals surface area contributed by atoms with Crippen molar-refractivity contribution in [2.45, 2.75) is 0 Å². The molecular formula is C9H9N3. The Hall–Kier alpha value is -1.77. The van der Waals surface area contributed by atoms with Gasteiger partial charge in [-0.2, -0.15) is 0 Å². The van der Waals surface area contributed by atoms with Crippen LogP contribution < -0.4 is 5.73 Å². The number of hydrogen-bond acceptors (Lipinski definition) is 2. The Bertz CT molecular complexity index is 428. The summed E-state index contributed by atoms with van der Waals surface area (Å²) in [5.74, 6) is 0.450. The van der Waals surface area contributed by atoms with E-state index in [9.17, 15) is 0 Å². The number of imidazole rings is 1. The molecule has 60 valence electrons. The molecule has 0 fully saturated rings. The summed E-state index contributed by atoms with van der Waals surface area (Å²) in [6.45, 7) is 3.68. The predicted octanol–water partition coefficient (Wildman–Crippen LogP) is 1.79. The first-order valence-electron chi connectivity index (χ1n) is 3.67. The second kappa shape index (κ2) is 2.37. The van der Waals surface area contributed by atoms with Gasteiger partial charge in [-0.3, -0.25) is 0 Å². The molecule has 1 heterocycles. The third kappa shape index (κ3) is 0.955. The van der Waals surface area contributed by atoms with Crippen molar-refractivity contribution in [1.29, 1.82) is 0 Å². The highest BCUT2D eigenvalue weighted by atomic mass is 15.0. The van der Waals surface area contributed by atoms with Crippen molar-refractivity contribution in [3.63, 3.8) is 0 Å². The smallest absolute Gasteiger partial charge is 0.198 e. The summed E-state index contributed by atoms with van der Waals surface area (Å²) in [7, 11) is 0. The molecule has 3 N–H and O–H groups in total. The SMILES string of the molecule is C=Cc1ccc2nc(N)[nH]c2c1. The molecule has 2 rings (SSSR count). The molecule has 3 nitrogen and oxygen atoms in total. The van der Waals surface area contributed by atoms with Gasteiger partial charge in [0.05, 0.1) is 11.0 Å². The number of nitrogens with one attached hydrogen (secondary N) is 1. The quantitative estimate of drug-likeness (QED) is 0.666. The summed E-state index contributed by atoms with van der Waals surface area (Å²) < 4.78 is 0. The number of aromatic nitrogens is 2. The summed E-state index contributed by atoms with van der Waals surface area (Å²) in [5.41, 5.74) is 8.39. The van der Waals surface area contributed by atoms with Crippen LogP contribution >= 0.6 is 0 Å². The number of benzene rings is 1. The molecule has 0 unspecified atom stereocenters. The summed E-state index contributed by atoms with van der Waals surface area (Å²) in [5, 5.41) is 0. The second-order valence-electron chi connectivity index (χ2n) is 2.60. The van der Waals surface area contributed by atoms with Gasteiger partial charge >= 0.3 is 0 Å². The van der Waals surface area contributed by atoms with Crippen molar-refractivity contribution < 1.29 is 0 Å². The number of H-pyrrole nitrogens is 1. The Labute approximate surface area is 69.9 Å². The molecular weight excluding hydrogens is 150 g/mol. The number of hydrogen-bond donors (Lipinski definition) is 2. The number of nitrogens with two attached hydrogens (primary N) is 1. The minimum Gasteiger partial charge on any atom is -0.369 e. The molecule has 0 aliphatic heterocycles. The van der Waals surface area contributed by atoms with E-state index in [2.05, 4.69) is 16.5 Å². The van der Waals surface area contributed by atoms with E-state index in [1.807, 2.05) is 18.2 Å². The number of rotatable bonds is 1. The lowest BCUT2D eigenvalue weighted by atomic mass is 10.2. The maximum Gasteiger partial charge on any atom is 0.198 e. The summed E-state index contributed by atoms with van der Waals surface area (Å²) in [6, 6.07) is 5.83. The summed E-state index contributed by atoms with van der Waals surface area (Å²) in [4.78, 5) is 7.03. The Balaban J connectivity index is 2.74.